The first kappa shape index (κ1) is 10.3. The number of para-hydroxylation sites is 1. The fourth-order valence-electron chi connectivity index (χ4n) is 1.44. The molecule has 0 fully saturated rings. The largest absolute Gasteiger partial charge is 0.397 e. The highest BCUT2D eigenvalue weighted by atomic mass is 35.5. The summed E-state index contributed by atoms with van der Waals surface area (Å²) >= 11 is 11.9. The molecule has 2 N–H and O–H groups in total. The van der Waals surface area contributed by atoms with Gasteiger partial charge < -0.3 is 5.73 Å². The van der Waals surface area contributed by atoms with Crippen LogP contribution in [0.4, 0.5) is 5.69 Å². The monoisotopic (exact) mass is 237 g/mol. The first-order valence-electron chi connectivity index (χ1n) is 4.48. The summed E-state index contributed by atoms with van der Waals surface area (Å²) in [5, 5.41) is 1.25. The van der Waals surface area contributed by atoms with Crippen molar-refractivity contribution in [2.75, 3.05) is 5.73 Å². The van der Waals surface area contributed by atoms with Crippen molar-refractivity contribution in [2.24, 2.45) is 0 Å². The summed E-state index contributed by atoms with van der Waals surface area (Å²) in [6.45, 7) is 0. The predicted octanol–water partition coefficient (Wildman–Crippen LogP) is 4.24. The molecule has 2 aromatic rings. The zero-order chi connectivity index (χ0) is 10.8. The van der Waals surface area contributed by atoms with Crippen LogP contribution in [0, 0.1) is 0 Å². The molecule has 15 heavy (non-hydrogen) atoms. The second-order valence-electron chi connectivity index (χ2n) is 3.21. The molecule has 0 amide bonds. The van der Waals surface area contributed by atoms with E-state index in [0.717, 1.165) is 11.1 Å². The molecule has 3 heteroatoms. The van der Waals surface area contributed by atoms with Crippen molar-refractivity contribution in [3.05, 3.63) is 52.5 Å². The van der Waals surface area contributed by atoms with Gasteiger partial charge in [0.2, 0.25) is 0 Å². The van der Waals surface area contributed by atoms with Crippen LogP contribution >= 0.6 is 23.2 Å². The van der Waals surface area contributed by atoms with Crippen molar-refractivity contribution in [2.45, 2.75) is 0 Å². The number of nitrogen functional groups attached to an aromatic ring is 1. The van der Waals surface area contributed by atoms with Gasteiger partial charge in [-0.2, -0.15) is 0 Å². The standard InChI is InChI=1S/C12H9Cl2N/c13-9-4-1-3-8(7-9)10-5-2-6-11(14)12(10)15/h1-7H,15H2. The molecule has 0 aliphatic carbocycles. The van der Waals surface area contributed by atoms with Crippen LogP contribution in [0.25, 0.3) is 11.1 Å². The molecule has 0 aliphatic rings. The van der Waals surface area contributed by atoms with Crippen LogP contribution < -0.4 is 5.73 Å². The maximum absolute atomic E-state index is 5.95. The molecule has 0 aromatic heterocycles. The molecule has 1 nitrogen and oxygen atoms in total. The molecule has 0 saturated carbocycles. The maximum atomic E-state index is 5.95. The van der Waals surface area contributed by atoms with E-state index >= 15 is 0 Å². The first-order valence-corrected chi connectivity index (χ1v) is 5.24. The maximum Gasteiger partial charge on any atom is 0.0641 e. The molecule has 0 bridgehead atoms. The molecule has 0 spiro atoms. The molecule has 0 radical (unpaired) electrons. The Morgan fingerprint density at radius 3 is 2.40 bits per heavy atom. The SMILES string of the molecule is Nc1c(Cl)cccc1-c1cccc(Cl)c1. The van der Waals surface area contributed by atoms with Crippen molar-refractivity contribution in [1.82, 2.24) is 0 Å². The lowest BCUT2D eigenvalue weighted by Gasteiger charge is -2.07. The van der Waals surface area contributed by atoms with Crippen LogP contribution in [0.15, 0.2) is 42.5 Å². The zero-order valence-corrected chi connectivity index (χ0v) is 9.39. The van der Waals surface area contributed by atoms with Gasteiger partial charge in [0.25, 0.3) is 0 Å². The third-order valence-corrected chi connectivity index (χ3v) is 2.75. The lowest BCUT2D eigenvalue weighted by Crippen LogP contribution is -1.90. The number of nitrogens with two attached hydrogens (primary N) is 1. The predicted molar refractivity (Wildman–Crippen MR) is 66.3 cm³/mol. The van der Waals surface area contributed by atoms with Gasteiger partial charge in [-0.15, -0.1) is 0 Å². The number of benzene rings is 2. The molecule has 2 aromatic carbocycles. The van der Waals surface area contributed by atoms with Gasteiger partial charge in [0.15, 0.2) is 0 Å². The van der Waals surface area contributed by atoms with Gasteiger partial charge in [-0.05, 0) is 23.8 Å². The van der Waals surface area contributed by atoms with Crippen molar-refractivity contribution in [3.8, 4) is 11.1 Å². The van der Waals surface area contributed by atoms with E-state index in [1.807, 2.05) is 36.4 Å². The van der Waals surface area contributed by atoms with Crippen molar-refractivity contribution in [3.63, 3.8) is 0 Å². The zero-order valence-electron chi connectivity index (χ0n) is 7.87. The number of hydrogen-bond donors (Lipinski definition) is 1. The van der Waals surface area contributed by atoms with E-state index in [9.17, 15) is 0 Å². The fraction of sp³-hybridized carbons (Fsp3) is 0. The Hall–Kier alpha value is -1.18. The summed E-state index contributed by atoms with van der Waals surface area (Å²) in [6, 6.07) is 13.1. The van der Waals surface area contributed by atoms with E-state index in [2.05, 4.69) is 0 Å². The molecule has 0 heterocycles. The van der Waals surface area contributed by atoms with E-state index in [-0.39, 0.29) is 0 Å². The minimum atomic E-state index is 0.562. The van der Waals surface area contributed by atoms with Gasteiger partial charge in [0.05, 0.1) is 10.7 Å². The van der Waals surface area contributed by atoms with Crippen molar-refractivity contribution >= 4 is 28.9 Å². The first-order chi connectivity index (χ1) is 7.18. The molecule has 2 rings (SSSR count). The second kappa shape index (κ2) is 4.13. The Bertz CT molecular complexity index is 495. The topological polar surface area (TPSA) is 26.0 Å². The van der Waals surface area contributed by atoms with Crippen molar-refractivity contribution < 1.29 is 0 Å². The Kier molecular flexibility index (Phi) is 2.85. The van der Waals surface area contributed by atoms with Crippen molar-refractivity contribution in [1.29, 1.82) is 0 Å². The highest BCUT2D eigenvalue weighted by molar-refractivity contribution is 6.34. The average molecular weight is 238 g/mol. The molecular formula is C12H9Cl2N. The average Bonchev–Trinajstić information content (AvgIpc) is 2.22. The van der Waals surface area contributed by atoms with Crippen LogP contribution in [0.1, 0.15) is 0 Å². The van der Waals surface area contributed by atoms with Gasteiger partial charge in [-0.1, -0.05) is 47.5 Å². The van der Waals surface area contributed by atoms with Gasteiger partial charge in [-0.25, -0.2) is 0 Å². The smallest absolute Gasteiger partial charge is 0.0641 e. The van der Waals surface area contributed by atoms with E-state index < -0.39 is 0 Å². The number of anilines is 1. The lowest BCUT2D eigenvalue weighted by atomic mass is 10.0. The molecule has 0 saturated heterocycles. The summed E-state index contributed by atoms with van der Waals surface area (Å²) in [5.74, 6) is 0. The van der Waals surface area contributed by atoms with Gasteiger partial charge in [-0.3, -0.25) is 0 Å². The summed E-state index contributed by atoms with van der Waals surface area (Å²) in [6.07, 6.45) is 0. The summed E-state index contributed by atoms with van der Waals surface area (Å²) < 4.78 is 0. The van der Waals surface area contributed by atoms with E-state index in [0.29, 0.717) is 15.7 Å². The third-order valence-electron chi connectivity index (χ3n) is 2.19. The Labute approximate surface area is 98.4 Å². The molecule has 76 valence electrons. The van der Waals surface area contributed by atoms with Crippen LogP contribution in [-0.4, -0.2) is 0 Å². The second-order valence-corrected chi connectivity index (χ2v) is 4.06. The molecule has 0 atom stereocenters. The highest BCUT2D eigenvalue weighted by Gasteiger charge is 2.05. The van der Waals surface area contributed by atoms with Crippen LogP contribution in [0.3, 0.4) is 0 Å². The Morgan fingerprint density at radius 2 is 1.67 bits per heavy atom. The lowest BCUT2D eigenvalue weighted by molar-refractivity contribution is 1.61. The van der Waals surface area contributed by atoms with E-state index in [1.165, 1.54) is 0 Å². The molecule has 0 unspecified atom stereocenters. The Balaban J connectivity index is 2.59. The fourth-order valence-corrected chi connectivity index (χ4v) is 1.81. The molecular weight excluding hydrogens is 229 g/mol. The number of rotatable bonds is 1. The van der Waals surface area contributed by atoms with Crippen LogP contribution in [-0.2, 0) is 0 Å². The van der Waals surface area contributed by atoms with Crippen LogP contribution in [0.2, 0.25) is 10.0 Å². The summed E-state index contributed by atoms with van der Waals surface area (Å²) in [4.78, 5) is 0. The van der Waals surface area contributed by atoms with Gasteiger partial charge in [0.1, 0.15) is 0 Å². The number of halogens is 2. The van der Waals surface area contributed by atoms with E-state index in [1.54, 1.807) is 6.07 Å². The Morgan fingerprint density at radius 1 is 0.933 bits per heavy atom. The van der Waals surface area contributed by atoms with Crippen LogP contribution in [0.5, 0.6) is 0 Å². The summed E-state index contributed by atoms with van der Waals surface area (Å²) in [5.41, 5.74) is 8.36. The normalized spacial score (nSPS) is 10.3. The third kappa shape index (κ3) is 2.09. The highest BCUT2D eigenvalue weighted by Crippen LogP contribution is 2.32. The number of hydrogen-bond acceptors (Lipinski definition) is 1. The minimum Gasteiger partial charge on any atom is -0.397 e. The van der Waals surface area contributed by atoms with Gasteiger partial charge in [0, 0.05) is 10.6 Å². The quantitative estimate of drug-likeness (QED) is 0.738. The summed E-state index contributed by atoms with van der Waals surface area (Å²) in [7, 11) is 0. The van der Waals surface area contributed by atoms with E-state index in [4.69, 9.17) is 28.9 Å². The minimum absolute atomic E-state index is 0.562. The van der Waals surface area contributed by atoms with Gasteiger partial charge >= 0.3 is 0 Å². The molecule has 0 aliphatic heterocycles.